The molecule has 0 amide bonds. The highest BCUT2D eigenvalue weighted by Gasteiger charge is 2.11. The molecule has 0 unspecified atom stereocenters. The third kappa shape index (κ3) is 2.93. The summed E-state index contributed by atoms with van der Waals surface area (Å²) in [5, 5.41) is 3.48. The van der Waals surface area contributed by atoms with Gasteiger partial charge in [-0.05, 0) is 25.8 Å². The predicted molar refractivity (Wildman–Crippen MR) is 48.2 cm³/mol. The molecule has 0 saturated carbocycles. The Morgan fingerprint density at radius 2 is 2.55 bits per heavy atom. The number of hydrogen-bond acceptors (Lipinski definition) is 2. The first kappa shape index (κ1) is 8.60. The van der Waals surface area contributed by atoms with Gasteiger partial charge in [-0.1, -0.05) is 13.0 Å². The van der Waals surface area contributed by atoms with Gasteiger partial charge in [0.05, 0.1) is 0 Å². The fraction of sp³-hybridized carbons (Fsp3) is 0.778. The van der Waals surface area contributed by atoms with Gasteiger partial charge in [-0.25, -0.2) is 0 Å². The second kappa shape index (κ2) is 4.39. The Morgan fingerprint density at radius 3 is 3.18 bits per heavy atom. The summed E-state index contributed by atoms with van der Waals surface area (Å²) in [6.45, 7) is 3.31. The molecule has 1 atom stereocenters. The third-order valence-corrected chi connectivity index (χ3v) is 2.09. The van der Waals surface area contributed by atoms with Crippen LogP contribution in [0.4, 0.5) is 0 Å². The zero-order valence-electron chi connectivity index (χ0n) is 7.27. The number of nitrogens with two attached hydrogens (primary N) is 1. The molecular formula is C9H18N2. The minimum Gasteiger partial charge on any atom is -0.402 e. The molecule has 0 radical (unpaired) electrons. The molecular weight excluding hydrogens is 136 g/mol. The van der Waals surface area contributed by atoms with Gasteiger partial charge in [0, 0.05) is 18.2 Å². The summed E-state index contributed by atoms with van der Waals surface area (Å²) in [6.07, 6.45) is 6.79. The molecule has 0 aromatic heterocycles. The van der Waals surface area contributed by atoms with Crippen LogP contribution in [0, 0.1) is 0 Å². The Kier molecular flexibility index (Phi) is 3.43. The summed E-state index contributed by atoms with van der Waals surface area (Å²) in [5.74, 6) is 0. The SMILES string of the molecule is CCCN[C@H]1CCC=C(N)C1. The molecule has 0 aliphatic heterocycles. The van der Waals surface area contributed by atoms with Gasteiger partial charge in [0.1, 0.15) is 0 Å². The third-order valence-electron chi connectivity index (χ3n) is 2.09. The van der Waals surface area contributed by atoms with E-state index in [-0.39, 0.29) is 0 Å². The molecule has 0 aromatic rings. The monoisotopic (exact) mass is 154 g/mol. The van der Waals surface area contributed by atoms with Crippen LogP contribution in [0.3, 0.4) is 0 Å². The number of hydrogen-bond donors (Lipinski definition) is 2. The summed E-state index contributed by atoms with van der Waals surface area (Å²) < 4.78 is 0. The number of allylic oxidation sites excluding steroid dienone is 1. The lowest BCUT2D eigenvalue weighted by Gasteiger charge is -2.21. The summed E-state index contributed by atoms with van der Waals surface area (Å²) in [7, 11) is 0. The first-order valence-corrected chi connectivity index (χ1v) is 4.50. The molecule has 1 rings (SSSR count). The van der Waals surface area contributed by atoms with Crippen LogP contribution >= 0.6 is 0 Å². The number of nitrogens with one attached hydrogen (secondary N) is 1. The van der Waals surface area contributed by atoms with E-state index in [1.165, 1.54) is 12.8 Å². The van der Waals surface area contributed by atoms with E-state index in [2.05, 4.69) is 18.3 Å². The standard InChI is InChI=1S/C9H18N2/c1-2-6-11-9-5-3-4-8(10)7-9/h4,9,11H,2-3,5-7,10H2,1H3/t9-/m0/s1. The van der Waals surface area contributed by atoms with Gasteiger partial charge in [0.15, 0.2) is 0 Å². The van der Waals surface area contributed by atoms with Crippen LogP contribution in [0.15, 0.2) is 11.8 Å². The summed E-state index contributed by atoms with van der Waals surface area (Å²) in [4.78, 5) is 0. The van der Waals surface area contributed by atoms with Crippen LogP contribution in [0.2, 0.25) is 0 Å². The van der Waals surface area contributed by atoms with Gasteiger partial charge in [-0.3, -0.25) is 0 Å². The molecule has 0 spiro atoms. The van der Waals surface area contributed by atoms with Crippen molar-refractivity contribution in [1.29, 1.82) is 0 Å². The second-order valence-electron chi connectivity index (χ2n) is 3.21. The van der Waals surface area contributed by atoms with Gasteiger partial charge in [-0.2, -0.15) is 0 Å². The average molecular weight is 154 g/mol. The highest BCUT2D eigenvalue weighted by atomic mass is 14.9. The zero-order valence-corrected chi connectivity index (χ0v) is 7.27. The molecule has 64 valence electrons. The highest BCUT2D eigenvalue weighted by Crippen LogP contribution is 2.13. The Hall–Kier alpha value is -0.500. The van der Waals surface area contributed by atoms with Crippen LogP contribution in [0.25, 0.3) is 0 Å². The van der Waals surface area contributed by atoms with Gasteiger partial charge in [0.25, 0.3) is 0 Å². The molecule has 2 nitrogen and oxygen atoms in total. The van der Waals surface area contributed by atoms with E-state index in [1.807, 2.05) is 0 Å². The molecule has 11 heavy (non-hydrogen) atoms. The predicted octanol–water partition coefficient (Wildman–Crippen LogP) is 1.38. The maximum absolute atomic E-state index is 5.72. The van der Waals surface area contributed by atoms with Gasteiger partial charge < -0.3 is 11.1 Å². The van der Waals surface area contributed by atoms with Crippen LogP contribution in [-0.2, 0) is 0 Å². The van der Waals surface area contributed by atoms with Gasteiger partial charge in [0.2, 0.25) is 0 Å². The Balaban J connectivity index is 2.21. The second-order valence-corrected chi connectivity index (χ2v) is 3.21. The van der Waals surface area contributed by atoms with E-state index in [0.29, 0.717) is 6.04 Å². The maximum atomic E-state index is 5.72. The van der Waals surface area contributed by atoms with Crippen LogP contribution in [0.1, 0.15) is 32.6 Å². The van der Waals surface area contributed by atoms with Crippen molar-refractivity contribution in [3.8, 4) is 0 Å². The lowest BCUT2D eigenvalue weighted by atomic mass is 9.99. The smallest absolute Gasteiger partial charge is 0.0124 e. The maximum Gasteiger partial charge on any atom is 0.0124 e. The van der Waals surface area contributed by atoms with Crippen LogP contribution in [0.5, 0.6) is 0 Å². The van der Waals surface area contributed by atoms with E-state index >= 15 is 0 Å². The van der Waals surface area contributed by atoms with E-state index in [9.17, 15) is 0 Å². The minimum absolute atomic E-state index is 0.639. The van der Waals surface area contributed by atoms with E-state index in [0.717, 1.165) is 25.1 Å². The number of rotatable bonds is 3. The summed E-state index contributed by atoms with van der Waals surface area (Å²) in [6, 6.07) is 0.639. The van der Waals surface area contributed by atoms with Crippen molar-refractivity contribution in [3.63, 3.8) is 0 Å². The lowest BCUT2D eigenvalue weighted by Crippen LogP contribution is -2.32. The van der Waals surface area contributed by atoms with Crippen LogP contribution in [-0.4, -0.2) is 12.6 Å². The zero-order chi connectivity index (χ0) is 8.10. The fourth-order valence-electron chi connectivity index (χ4n) is 1.46. The first-order valence-electron chi connectivity index (χ1n) is 4.50. The van der Waals surface area contributed by atoms with E-state index in [4.69, 9.17) is 5.73 Å². The van der Waals surface area contributed by atoms with Crippen molar-refractivity contribution in [2.75, 3.05) is 6.54 Å². The van der Waals surface area contributed by atoms with Crippen molar-refractivity contribution in [2.45, 2.75) is 38.6 Å². The average Bonchev–Trinajstić information content (AvgIpc) is 2.01. The molecule has 0 heterocycles. The quantitative estimate of drug-likeness (QED) is 0.644. The molecule has 3 N–H and O–H groups in total. The molecule has 2 heteroatoms. The highest BCUT2D eigenvalue weighted by molar-refractivity contribution is 5.03. The lowest BCUT2D eigenvalue weighted by molar-refractivity contribution is 0.463. The minimum atomic E-state index is 0.639. The first-order chi connectivity index (χ1) is 5.33. The Morgan fingerprint density at radius 1 is 1.73 bits per heavy atom. The molecule has 0 fully saturated rings. The van der Waals surface area contributed by atoms with E-state index in [1.54, 1.807) is 0 Å². The van der Waals surface area contributed by atoms with Crippen molar-refractivity contribution < 1.29 is 0 Å². The molecule has 1 aliphatic rings. The van der Waals surface area contributed by atoms with Crippen molar-refractivity contribution in [1.82, 2.24) is 5.32 Å². The van der Waals surface area contributed by atoms with Crippen molar-refractivity contribution in [3.05, 3.63) is 11.8 Å². The topological polar surface area (TPSA) is 38.0 Å². The molecule has 0 saturated heterocycles. The normalized spacial score (nSPS) is 24.8. The van der Waals surface area contributed by atoms with Gasteiger partial charge in [-0.15, -0.1) is 0 Å². The molecule has 1 aliphatic carbocycles. The molecule has 0 bridgehead atoms. The van der Waals surface area contributed by atoms with Crippen LogP contribution < -0.4 is 11.1 Å². The largest absolute Gasteiger partial charge is 0.402 e. The fourth-order valence-corrected chi connectivity index (χ4v) is 1.46. The Bertz CT molecular complexity index is 140. The van der Waals surface area contributed by atoms with Crippen molar-refractivity contribution in [2.24, 2.45) is 5.73 Å². The summed E-state index contributed by atoms with van der Waals surface area (Å²) >= 11 is 0. The molecule has 0 aromatic carbocycles. The Labute approximate surface area is 68.9 Å². The summed E-state index contributed by atoms with van der Waals surface area (Å²) in [5.41, 5.74) is 6.78. The van der Waals surface area contributed by atoms with Crippen molar-refractivity contribution >= 4 is 0 Å². The van der Waals surface area contributed by atoms with E-state index < -0.39 is 0 Å². The van der Waals surface area contributed by atoms with Gasteiger partial charge >= 0.3 is 0 Å².